The summed E-state index contributed by atoms with van der Waals surface area (Å²) in [7, 11) is 1.94. The van der Waals surface area contributed by atoms with Crippen molar-refractivity contribution in [3.05, 3.63) is 5.69 Å². The lowest BCUT2D eigenvalue weighted by molar-refractivity contribution is -0.0546. The van der Waals surface area contributed by atoms with Crippen molar-refractivity contribution in [2.45, 2.75) is 38.5 Å². The summed E-state index contributed by atoms with van der Waals surface area (Å²) in [4.78, 5) is 7.00. The van der Waals surface area contributed by atoms with Gasteiger partial charge in [-0.3, -0.25) is 14.1 Å². The predicted octanol–water partition coefficient (Wildman–Crippen LogP) is 0.524. The number of nitrogen functional groups attached to an aromatic ring is 1. The number of morpholine rings is 1. The second-order valence-corrected chi connectivity index (χ2v) is 6.21. The van der Waals surface area contributed by atoms with Crippen LogP contribution >= 0.6 is 0 Å². The Morgan fingerprint density at radius 3 is 3.14 bits per heavy atom. The molecule has 7 heteroatoms. The van der Waals surface area contributed by atoms with Gasteiger partial charge in [-0.25, -0.2) is 4.98 Å². The first-order chi connectivity index (χ1) is 10.1. The molecule has 114 valence electrons. The largest absolute Gasteiger partial charge is 0.373 e. The van der Waals surface area contributed by atoms with E-state index >= 15 is 0 Å². The van der Waals surface area contributed by atoms with E-state index in [9.17, 15) is 0 Å². The molecular weight excluding hydrogens is 268 g/mol. The lowest BCUT2D eigenvalue weighted by Gasteiger charge is -2.35. The SMILES string of the molecule is Cc1nn(C)c2c1nc(N)n2CC1CN2CCCC2CO1. The van der Waals surface area contributed by atoms with Gasteiger partial charge in [-0.2, -0.15) is 5.10 Å². The number of rotatable bonds is 2. The molecule has 4 rings (SSSR count). The molecule has 2 aliphatic rings. The standard InChI is InChI=1S/C14H22N6O/c1-9-12-13(18(2)17-9)20(14(15)16-12)7-11-6-19-5-3-4-10(19)8-21-11/h10-11H,3-8H2,1-2H3,(H2,15,16). The Morgan fingerprint density at radius 2 is 2.29 bits per heavy atom. The molecule has 2 atom stereocenters. The van der Waals surface area contributed by atoms with E-state index in [1.54, 1.807) is 0 Å². The highest BCUT2D eigenvalue weighted by atomic mass is 16.5. The summed E-state index contributed by atoms with van der Waals surface area (Å²) in [6.07, 6.45) is 2.73. The van der Waals surface area contributed by atoms with E-state index in [2.05, 4.69) is 15.0 Å². The van der Waals surface area contributed by atoms with Crippen LogP contribution in [0.2, 0.25) is 0 Å². The molecule has 2 unspecified atom stereocenters. The highest BCUT2D eigenvalue weighted by molar-refractivity contribution is 5.77. The van der Waals surface area contributed by atoms with Gasteiger partial charge in [0.15, 0.2) is 5.65 Å². The molecule has 2 aromatic heterocycles. The van der Waals surface area contributed by atoms with E-state index in [0.717, 1.165) is 36.6 Å². The molecular formula is C14H22N6O. The highest BCUT2D eigenvalue weighted by Gasteiger charge is 2.33. The second-order valence-electron chi connectivity index (χ2n) is 6.21. The first-order valence-corrected chi connectivity index (χ1v) is 7.64. The van der Waals surface area contributed by atoms with Crippen molar-refractivity contribution in [1.82, 2.24) is 24.2 Å². The average molecular weight is 290 g/mol. The Bertz CT molecular complexity index is 675. The fourth-order valence-electron chi connectivity index (χ4n) is 3.73. The van der Waals surface area contributed by atoms with Gasteiger partial charge in [0, 0.05) is 19.6 Å². The van der Waals surface area contributed by atoms with Crippen LogP contribution in [0, 0.1) is 6.92 Å². The molecule has 0 spiro atoms. The van der Waals surface area contributed by atoms with Crippen LogP contribution in [0.15, 0.2) is 0 Å². The number of aryl methyl sites for hydroxylation is 2. The first kappa shape index (κ1) is 13.1. The summed E-state index contributed by atoms with van der Waals surface area (Å²) >= 11 is 0. The zero-order chi connectivity index (χ0) is 14.6. The van der Waals surface area contributed by atoms with E-state index in [4.69, 9.17) is 10.5 Å². The molecule has 21 heavy (non-hydrogen) atoms. The normalized spacial score (nSPS) is 26.6. The molecule has 2 fully saturated rings. The Balaban J connectivity index is 1.61. The average Bonchev–Trinajstić information content (AvgIpc) is 3.10. The van der Waals surface area contributed by atoms with Crippen LogP contribution in [0.5, 0.6) is 0 Å². The molecule has 4 heterocycles. The van der Waals surface area contributed by atoms with Crippen LogP contribution in [0.25, 0.3) is 11.2 Å². The van der Waals surface area contributed by atoms with Gasteiger partial charge in [-0.05, 0) is 26.3 Å². The van der Waals surface area contributed by atoms with Crippen LogP contribution in [-0.2, 0) is 18.3 Å². The van der Waals surface area contributed by atoms with Gasteiger partial charge in [0.1, 0.15) is 5.52 Å². The fraction of sp³-hybridized carbons (Fsp3) is 0.714. The van der Waals surface area contributed by atoms with Gasteiger partial charge in [0.2, 0.25) is 5.95 Å². The molecule has 2 aromatic rings. The lowest BCUT2D eigenvalue weighted by Crippen LogP contribution is -2.47. The molecule has 0 bridgehead atoms. The van der Waals surface area contributed by atoms with Crippen molar-refractivity contribution < 1.29 is 4.74 Å². The maximum Gasteiger partial charge on any atom is 0.202 e. The Morgan fingerprint density at radius 1 is 1.43 bits per heavy atom. The summed E-state index contributed by atoms with van der Waals surface area (Å²) in [5.74, 6) is 0.549. The summed E-state index contributed by atoms with van der Waals surface area (Å²) in [6.45, 7) is 5.73. The van der Waals surface area contributed by atoms with Crippen LogP contribution in [0.4, 0.5) is 5.95 Å². The topological polar surface area (TPSA) is 74.1 Å². The van der Waals surface area contributed by atoms with Crippen molar-refractivity contribution in [3.8, 4) is 0 Å². The number of aromatic nitrogens is 4. The number of nitrogens with two attached hydrogens (primary N) is 1. The lowest BCUT2D eigenvalue weighted by atomic mass is 10.2. The van der Waals surface area contributed by atoms with Crippen molar-refractivity contribution in [2.24, 2.45) is 7.05 Å². The van der Waals surface area contributed by atoms with Crippen LogP contribution in [-0.4, -0.2) is 56.1 Å². The number of imidazole rings is 1. The van der Waals surface area contributed by atoms with Gasteiger partial charge in [-0.15, -0.1) is 0 Å². The summed E-state index contributed by atoms with van der Waals surface area (Å²) in [6, 6.07) is 0.625. The minimum Gasteiger partial charge on any atom is -0.373 e. The molecule has 2 aliphatic heterocycles. The third-order valence-corrected chi connectivity index (χ3v) is 4.77. The third kappa shape index (κ3) is 2.03. The summed E-state index contributed by atoms with van der Waals surface area (Å²) < 4.78 is 9.94. The molecule has 0 amide bonds. The quantitative estimate of drug-likeness (QED) is 0.873. The third-order valence-electron chi connectivity index (χ3n) is 4.77. The minimum absolute atomic E-state index is 0.175. The smallest absolute Gasteiger partial charge is 0.202 e. The number of fused-ring (bicyclic) bond motifs is 2. The highest BCUT2D eigenvalue weighted by Crippen LogP contribution is 2.25. The minimum atomic E-state index is 0.175. The van der Waals surface area contributed by atoms with Crippen LogP contribution < -0.4 is 5.73 Å². The number of ether oxygens (including phenoxy) is 1. The maximum atomic E-state index is 6.10. The van der Waals surface area contributed by atoms with Crippen molar-refractivity contribution >= 4 is 17.1 Å². The van der Waals surface area contributed by atoms with Crippen LogP contribution in [0.3, 0.4) is 0 Å². The zero-order valence-corrected chi connectivity index (χ0v) is 12.6. The Labute approximate surface area is 123 Å². The monoisotopic (exact) mass is 290 g/mol. The number of hydrogen-bond acceptors (Lipinski definition) is 5. The Hall–Kier alpha value is -1.60. The van der Waals surface area contributed by atoms with E-state index in [1.807, 2.05) is 23.2 Å². The van der Waals surface area contributed by atoms with E-state index in [-0.39, 0.29) is 6.10 Å². The molecule has 0 aliphatic carbocycles. The molecule has 0 aromatic carbocycles. The van der Waals surface area contributed by atoms with Gasteiger partial charge >= 0.3 is 0 Å². The van der Waals surface area contributed by atoms with Crippen LogP contribution in [0.1, 0.15) is 18.5 Å². The number of anilines is 1. The molecule has 2 saturated heterocycles. The maximum absolute atomic E-state index is 6.10. The van der Waals surface area contributed by atoms with Crippen molar-refractivity contribution in [3.63, 3.8) is 0 Å². The van der Waals surface area contributed by atoms with Gasteiger partial charge in [0.25, 0.3) is 0 Å². The summed E-state index contributed by atoms with van der Waals surface area (Å²) in [5.41, 5.74) is 8.90. The number of hydrogen-bond donors (Lipinski definition) is 1. The van der Waals surface area contributed by atoms with Gasteiger partial charge in [0.05, 0.1) is 24.9 Å². The molecule has 2 N–H and O–H groups in total. The predicted molar refractivity (Wildman–Crippen MR) is 80.0 cm³/mol. The van der Waals surface area contributed by atoms with E-state index < -0.39 is 0 Å². The molecule has 0 radical (unpaired) electrons. The van der Waals surface area contributed by atoms with Gasteiger partial charge in [-0.1, -0.05) is 0 Å². The fourth-order valence-corrected chi connectivity index (χ4v) is 3.73. The van der Waals surface area contributed by atoms with E-state index in [1.165, 1.54) is 19.4 Å². The van der Waals surface area contributed by atoms with Gasteiger partial charge < -0.3 is 10.5 Å². The Kier molecular flexibility index (Phi) is 2.93. The van der Waals surface area contributed by atoms with Crippen molar-refractivity contribution in [2.75, 3.05) is 25.4 Å². The van der Waals surface area contributed by atoms with E-state index in [0.29, 0.717) is 12.0 Å². The van der Waals surface area contributed by atoms with Crippen molar-refractivity contribution in [1.29, 1.82) is 0 Å². The molecule has 0 saturated carbocycles. The first-order valence-electron chi connectivity index (χ1n) is 7.64. The summed E-state index contributed by atoms with van der Waals surface area (Å²) in [5, 5.41) is 4.42. The number of nitrogens with zero attached hydrogens (tertiary/aromatic N) is 5. The zero-order valence-electron chi connectivity index (χ0n) is 12.6. The molecule has 7 nitrogen and oxygen atoms in total. The second kappa shape index (κ2) is 4.71.